The average Bonchev–Trinajstić information content (AvgIpc) is 2.25. The summed E-state index contributed by atoms with van der Waals surface area (Å²) in [7, 11) is 0. The number of hydrogen-bond acceptors (Lipinski definition) is 5. The van der Waals surface area contributed by atoms with Crippen LogP contribution in [0.1, 0.15) is 5.69 Å². The number of alkyl halides is 3. The first kappa shape index (κ1) is 13.2. The van der Waals surface area contributed by atoms with E-state index in [2.05, 4.69) is 15.3 Å². The number of amides is 1. The maximum atomic E-state index is 12.3. The van der Waals surface area contributed by atoms with Gasteiger partial charge in [-0.15, -0.1) is 0 Å². The van der Waals surface area contributed by atoms with Crippen molar-refractivity contribution in [1.29, 1.82) is 0 Å². The quantitative estimate of drug-likeness (QED) is 0.684. The third-order valence-electron chi connectivity index (χ3n) is 1.73. The van der Waals surface area contributed by atoms with Crippen molar-refractivity contribution in [3.63, 3.8) is 0 Å². The molecule has 1 unspecified atom stereocenters. The Balaban J connectivity index is 2.70. The largest absolute Gasteiger partial charge is 0.433 e. The summed E-state index contributed by atoms with van der Waals surface area (Å²) < 4.78 is 36.8. The SMILES string of the molecule is NC(=O)C(O)CNc1nccc(C(F)(F)F)n1. The molecule has 0 fully saturated rings. The zero-order valence-electron chi connectivity index (χ0n) is 8.40. The second-order valence-corrected chi connectivity index (χ2v) is 3.06. The topological polar surface area (TPSA) is 101 Å². The lowest BCUT2D eigenvalue weighted by Crippen LogP contribution is -2.34. The van der Waals surface area contributed by atoms with Crippen LogP contribution in [0.3, 0.4) is 0 Å². The van der Waals surface area contributed by atoms with E-state index in [-0.39, 0.29) is 12.5 Å². The lowest BCUT2D eigenvalue weighted by atomic mass is 10.3. The van der Waals surface area contributed by atoms with Gasteiger partial charge in [-0.1, -0.05) is 0 Å². The number of carbonyl (C=O) groups excluding carboxylic acids is 1. The standard InChI is InChI=1S/C8H9F3N4O2/c9-8(10,11)5-1-2-13-7(15-5)14-3-4(16)6(12)17/h1-2,4,16H,3H2,(H2,12,17)(H,13,14,15). The van der Waals surface area contributed by atoms with Crippen molar-refractivity contribution in [1.82, 2.24) is 9.97 Å². The van der Waals surface area contributed by atoms with Crippen LogP contribution in [0.15, 0.2) is 12.3 Å². The van der Waals surface area contributed by atoms with Crippen molar-refractivity contribution < 1.29 is 23.1 Å². The molecule has 1 rings (SSSR count). The number of aliphatic hydroxyl groups excluding tert-OH is 1. The average molecular weight is 250 g/mol. The van der Waals surface area contributed by atoms with E-state index < -0.39 is 23.9 Å². The highest BCUT2D eigenvalue weighted by Crippen LogP contribution is 2.27. The molecule has 1 aromatic heterocycles. The molecular weight excluding hydrogens is 241 g/mol. The number of aromatic nitrogens is 2. The molecular formula is C8H9F3N4O2. The van der Waals surface area contributed by atoms with Gasteiger partial charge in [0.25, 0.3) is 0 Å². The predicted molar refractivity (Wildman–Crippen MR) is 50.7 cm³/mol. The van der Waals surface area contributed by atoms with Crippen LogP contribution < -0.4 is 11.1 Å². The highest BCUT2D eigenvalue weighted by molar-refractivity contribution is 5.79. The molecule has 0 aromatic carbocycles. The Labute approximate surface area is 93.7 Å². The van der Waals surface area contributed by atoms with E-state index in [4.69, 9.17) is 10.8 Å². The van der Waals surface area contributed by atoms with Crippen molar-refractivity contribution in [3.05, 3.63) is 18.0 Å². The normalized spacial score (nSPS) is 13.2. The summed E-state index contributed by atoms with van der Waals surface area (Å²) in [5, 5.41) is 11.3. The van der Waals surface area contributed by atoms with Crippen LogP contribution in [0.2, 0.25) is 0 Å². The van der Waals surface area contributed by atoms with Gasteiger partial charge < -0.3 is 16.2 Å². The minimum Gasteiger partial charge on any atom is -0.381 e. The van der Waals surface area contributed by atoms with Gasteiger partial charge >= 0.3 is 6.18 Å². The van der Waals surface area contributed by atoms with Crippen molar-refractivity contribution >= 4 is 11.9 Å². The van der Waals surface area contributed by atoms with Crippen molar-refractivity contribution in [2.24, 2.45) is 5.73 Å². The van der Waals surface area contributed by atoms with Gasteiger partial charge in [-0.05, 0) is 6.07 Å². The molecule has 0 aliphatic rings. The Bertz CT molecular complexity index is 410. The molecule has 1 atom stereocenters. The Morgan fingerprint density at radius 3 is 2.76 bits per heavy atom. The molecule has 4 N–H and O–H groups in total. The minimum absolute atomic E-state index is 0.347. The van der Waals surface area contributed by atoms with Gasteiger partial charge in [-0.25, -0.2) is 9.97 Å². The number of nitrogens with one attached hydrogen (secondary N) is 1. The molecule has 1 amide bonds. The van der Waals surface area contributed by atoms with Gasteiger partial charge in [0.15, 0.2) is 0 Å². The monoisotopic (exact) mass is 250 g/mol. The summed E-state index contributed by atoms with van der Waals surface area (Å²) in [4.78, 5) is 17.1. The lowest BCUT2D eigenvalue weighted by molar-refractivity contribution is -0.141. The first-order chi connectivity index (χ1) is 7.80. The molecule has 0 saturated heterocycles. The van der Waals surface area contributed by atoms with E-state index in [0.29, 0.717) is 6.07 Å². The van der Waals surface area contributed by atoms with Gasteiger partial charge in [0.2, 0.25) is 11.9 Å². The zero-order valence-corrected chi connectivity index (χ0v) is 8.40. The highest BCUT2D eigenvalue weighted by Gasteiger charge is 2.32. The molecule has 6 nitrogen and oxygen atoms in total. The number of nitrogens with two attached hydrogens (primary N) is 1. The fraction of sp³-hybridized carbons (Fsp3) is 0.375. The summed E-state index contributed by atoms with van der Waals surface area (Å²) in [5.74, 6) is -1.34. The Kier molecular flexibility index (Phi) is 3.84. The van der Waals surface area contributed by atoms with E-state index >= 15 is 0 Å². The smallest absolute Gasteiger partial charge is 0.381 e. The summed E-state index contributed by atoms with van der Waals surface area (Å²) in [6, 6.07) is 0.704. The fourth-order valence-corrected chi connectivity index (χ4v) is 0.890. The van der Waals surface area contributed by atoms with E-state index in [1.54, 1.807) is 0 Å². The van der Waals surface area contributed by atoms with E-state index in [0.717, 1.165) is 6.20 Å². The first-order valence-electron chi connectivity index (χ1n) is 4.42. The van der Waals surface area contributed by atoms with Crippen LogP contribution in [0.25, 0.3) is 0 Å². The zero-order chi connectivity index (χ0) is 13.1. The van der Waals surface area contributed by atoms with Gasteiger partial charge in [0.05, 0.1) is 6.54 Å². The van der Waals surface area contributed by atoms with Crippen molar-refractivity contribution in [2.75, 3.05) is 11.9 Å². The Morgan fingerprint density at radius 2 is 2.24 bits per heavy atom. The maximum absolute atomic E-state index is 12.3. The molecule has 0 spiro atoms. The fourth-order valence-electron chi connectivity index (χ4n) is 0.890. The molecule has 0 saturated carbocycles. The van der Waals surface area contributed by atoms with E-state index in [1.165, 1.54) is 0 Å². The molecule has 0 aliphatic carbocycles. The molecule has 1 heterocycles. The molecule has 0 radical (unpaired) electrons. The Morgan fingerprint density at radius 1 is 1.59 bits per heavy atom. The summed E-state index contributed by atoms with van der Waals surface area (Å²) in [6.07, 6.45) is -5.19. The number of hydrogen-bond donors (Lipinski definition) is 3. The van der Waals surface area contributed by atoms with Crippen molar-refractivity contribution in [2.45, 2.75) is 12.3 Å². The van der Waals surface area contributed by atoms with Crippen LogP contribution in [0.4, 0.5) is 19.1 Å². The van der Waals surface area contributed by atoms with Gasteiger partial charge in [0, 0.05) is 6.20 Å². The predicted octanol–water partition coefficient (Wildman–Crippen LogP) is -0.247. The van der Waals surface area contributed by atoms with Gasteiger partial charge in [0.1, 0.15) is 11.8 Å². The summed E-state index contributed by atoms with van der Waals surface area (Å²) in [6.45, 7) is -0.364. The van der Waals surface area contributed by atoms with E-state index in [9.17, 15) is 18.0 Å². The third-order valence-corrected chi connectivity index (χ3v) is 1.73. The molecule has 1 aromatic rings. The number of carbonyl (C=O) groups is 1. The summed E-state index contributed by atoms with van der Waals surface area (Å²) >= 11 is 0. The number of nitrogens with zero attached hydrogens (tertiary/aromatic N) is 2. The number of halogens is 3. The van der Waals surface area contributed by atoms with E-state index in [1.807, 2.05) is 0 Å². The lowest BCUT2D eigenvalue weighted by Gasteiger charge is -2.10. The molecule has 0 bridgehead atoms. The minimum atomic E-state index is -4.58. The Hall–Kier alpha value is -1.90. The number of rotatable bonds is 4. The van der Waals surface area contributed by atoms with Gasteiger partial charge in [-0.3, -0.25) is 4.79 Å². The molecule has 94 valence electrons. The molecule has 17 heavy (non-hydrogen) atoms. The number of primary amides is 1. The summed E-state index contributed by atoms with van der Waals surface area (Å²) in [5.41, 5.74) is 3.63. The maximum Gasteiger partial charge on any atom is 0.433 e. The highest BCUT2D eigenvalue weighted by atomic mass is 19.4. The van der Waals surface area contributed by atoms with Crippen molar-refractivity contribution in [3.8, 4) is 0 Å². The van der Waals surface area contributed by atoms with Crippen LogP contribution in [-0.2, 0) is 11.0 Å². The van der Waals surface area contributed by atoms with Crippen LogP contribution >= 0.6 is 0 Å². The third kappa shape index (κ3) is 3.87. The van der Waals surface area contributed by atoms with Crippen LogP contribution in [-0.4, -0.2) is 33.6 Å². The second kappa shape index (κ2) is 4.95. The number of aliphatic hydroxyl groups is 1. The van der Waals surface area contributed by atoms with Gasteiger partial charge in [-0.2, -0.15) is 13.2 Å². The second-order valence-electron chi connectivity index (χ2n) is 3.06. The molecule has 0 aliphatic heterocycles. The first-order valence-corrected chi connectivity index (χ1v) is 4.42. The molecule has 9 heteroatoms. The van der Waals surface area contributed by atoms with Crippen LogP contribution in [0.5, 0.6) is 0 Å². The van der Waals surface area contributed by atoms with Crippen LogP contribution in [0, 0.1) is 0 Å². The number of anilines is 1.